The second-order valence-corrected chi connectivity index (χ2v) is 7.70. The molecule has 1 amide bonds. The van der Waals surface area contributed by atoms with Gasteiger partial charge < -0.3 is 14.6 Å². The van der Waals surface area contributed by atoms with Crippen molar-refractivity contribution in [2.24, 2.45) is 7.05 Å². The van der Waals surface area contributed by atoms with Crippen molar-refractivity contribution >= 4 is 34.0 Å². The van der Waals surface area contributed by atoms with Crippen LogP contribution in [-0.2, 0) is 18.3 Å². The van der Waals surface area contributed by atoms with Crippen molar-refractivity contribution in [1.82, 2.24) is 4.57 Å². The Morgan fingerprint density at radius 3 is 2.69 bits per heavy atom. The Hall–Kier alpha value is -3.38. The van der Waals surface area contributed by atoms with Gasteiger partial charge in [-0.1, -0.05) is 30.3 Å². The van der Waals surface area contributed by atoms with Crippen LogP contribution in [0.3, 0.4) is 0 Å². The molecule has 0 saturated heterocycles. The van der Waals surface area contributed by atoms with Crippen molar-refractivity contribution < 1.29 is 9.53 Å². The fourth-order valence-electron chi connectivity index (χ4n) is 3.43. The van der Waals surface area contributed by atoms with Gasteiger partial charge in [0, 0.05) is 17.3 Å². The quantitative estimate of drug-likeness (QED) is 0.534. The zero-order valence-corrected chi connectivity index (χ0v) is 17.0. The van der Waals surface area contributed by atoms with Crippen LogP contribution in [0.15, 0.2) is 70.8 Å². The summed E-state index contributed by atoms with van der Waals surface area (Å²) in [6, 6.07) is 18.6. The third-order valence-electron chi connectivity index (χ3n) is 4.84. The van der Waals surface area contributed by atoms with Crippen molar-refractivity contribution in [2.75, 3.05) is 12.4 Å². The van der Waals surface area contributed by atoms with Gasteiger partial charge in [0.25, 0.3) is 0 Å². The highest BCUT2D eigenvalue weighted by atomic mass is 32.1. The average molecular weight is 404 g/mol. The molecule has 4 aromatic rings. The first kappa shape index (κ1) is 19.0. The highest BCUT2D eigenvalue weighted by Gasteiger charge is 2.19. The van der Waals surface area contributed by atoms with Gasteiger partial charge in [-0.05, 0) is 41.3 Å². The van der Waals surface area contributed by atoms with Gasteiger partial charge >= 0.3 is 0 Å². The number of aryl methyl sites for hydroxylation is 1. The number of carbonyl (C=O) groups is 1. The molecule has 4 rings (SSSR count). The van der Waals surface area contributed by atoms with Gasteiger partial charge in [0.05, 0.1) is 24.6 Å². The summed E-state index contributed by atoms with van der Waals surface area (Å²) in [5.74, 6) is 0.957. The van der Waals surface area contributed by atoms with Crippen LogP contribution < -0.4 is 15.5 Å². The number of thiophene rings is 1. The molecule has 0 aliphatic heterocycles. The first-order valence-corrected chi connectivity index (χ1v) is 10.0. The molecule has 0 saturated carbocycles. The molecule has 0 aliphatic carbocycles. The van der Waals surface area contributed by atoms with Crippen molar-refractivity contribution in [1.29, 1.82) is 0 Å². The highest BCUT2D eigenvalue weighted by Crippen LogP contribution is 2.30. The number of hydrogen-bond donors (Lipinski definition) is 1. The number of amides is 1. The lowest BCUT2D eigenvalue weighted by atomic mass is 10.0. The minimum Gasteiger partial charge on any atom is -0.497 e. The number of aromatic nitrogens is 1. The number of nitrogens with zero attached hydrogens (tertiary/aromatic N) is 1. The predicted molar refractivity (Wildman–Crippen MR) is 118 cm³/mol. The summed E-state index contributed by atoms with van der Waals surface area (Å²) >= 11 is 1.53. The van der Waals surface area contributed by atoms with Gasteiger partial charge in [-0.3, -0.25) is 9.59 Å². The van der Waals surface area contributed by atoms with Crippen LogP contribution >= 0.6 is 11.3 Å². The standard InChI is InChI=1S/C23H20N2O3S/c1-25-19-11-4-3-10-18(19)22(27)21(15-7-5-8-16(13-15)28-2)23(25)24-20(26)14-17-9-6-12-29-17/h3-13H,14H2,1-2H3,(H,24,26). The zero-order chi connectivity index (χ0) is 20.4. The maximum Gasteiger partial charge on any atom is 0.230 e. The Balaban J connectivity index is 1.89. The summed E-state index contributed by atoms with van der Waals surface area (Å²) in [6.45, 7) is 0. The average Bonchev–Trinajstić information content (AvgIpc) is 3.25. The van der Waals surface area contributed by atoms with E-state index in [1.165, 1.54) is 11.3 Å². The number of carbonyl (C=O) groups excluding carboxylic acids is 1. The van der Waals surface area contributed by atoms with Crippen LogP contribution in [0.4, 0.5) is 5.82 Å². The van der Waals surface area contributed by atoms with E-state index in [2.05, 4.69) is 5.32 Å². The van der Waals surface area contributed by atoms with E-state index in [4.69, 9.17) is 4.74 Å². The van der Waals surface area contributed by atoms with Crippen molar-refractivity contribution in [3.63, 3.8) is 0 Å². The number of methoxy groups -OCH3 is 1. The monoisotopic (exact) mass is 404 g/mol. The van der Waals surface area contributed by atoms with Crippen LogP contribution in [0.5, 0.6) is 5.75 Å². The number of anilines is 1. The molecule has 2 aromatic heterocycles. The van der Waals surface area contributed by atoms with E-state index < -0.39 is 0 Å². The number of hydrogen-bond acceptors (Lipinski definition) is 4. The topological polar surface area (TPSA) is 60.3 Å². The molecular formula is C23H20N2O3S. The molecule has 2 heterocycles. The van der Waals surface area contributed by atoms with Gasteiger partial charge in [0.2, 0.25) is 5.91 Å². The molecule has 0 unspecified atom stereocenters. The van der Waals surface area contributed by atoms with Gasteiger partial charge in [-0.2, -0.15) is 0 Å². The number of ether oxygens (including phenoxy) is 1. The Morgan fingerprint density at radius 2 is 1.93 bits per heavy atom. The minimum atomic E-state index is -0.165. The predicted octanol–water partition coefficient (Wildman–Crippen LogP) is 4.46. The minimum absolute atomic E-state index is 0.127. The Labute approximate surface area is 172 Å². The summed E-state index contributed by atoms with van der Waals surface area (Å²) in [5.41, 5.74) is 1.78. The Bertz CT molecular complexity index is 1240. The first-order chi connectivity index (χ1) is 14.1. The molecule has 0 fully saturated rings. The van der Waals surface area contributed by atoms with Gasteiger partial charge in [-0.15, -0.1) is 11.3 Å². The smallest absolute Gasteiger partial charge is 0.230 e. The van der Waals surface area contributed by atoms with Crippen LogP contribution in [-0.4, -0.2) is 17.6 Å². The van der Waals surface area contributed by atoms with Crippen molar-refractivity contribution in [3.05, 3.63) is 81.1 Å². The van der Waals surface area contributed by atoms with E-state index in [9.17, 15) is 9.59 Å². The van der Waals surface area contributed by atoms with Crippen LogP contribution in [0.2, 0.25) is 0 Å². The van der Waals surface area contributed by atoms with E-state index in [-0.39, 0.29) is 17.8 Å². The summed E-state index contributed by atoms with van der Waals surface area (Å²) in [7, 11) is 3.44. The molecule has 5 nitrogen and oxygen atoms in total. The van der Waals surface area contributed by atoms with Gasteiger partial charge in [-0.25, -0.2) is 0 Å². The SMILES string of the molecule is COc1cccc(-c2c(NC(=O)Cc3cccs3)n(C)c3ccccc3c2=O)c1. The van der Waals surface area contributed by atoms with E-state index >= 15 is 0 Å². The summed E-state index contributed by atoms with van der Waals surface area (Å²) in [6.07, 6.45) is 0.260. The molecular weight excluding hydrogens is 384 g/mol. The largest absolute Gasteiger partial charge is 0.497 e. The van der Waals surface area contributed by atoms with E-state index in [1.807, 2.05) is 65.5 Å². The molecule has 29 heavy (non-hydrogen) atoms. The van der Waals surface area contributed by atoms with Crippen LogP contribution in [0, 0.1) is 0 Å². The Kier molecular flexibility index (Phi) is 5.18. The van der Waals surface area contributed by atoms with Crippen molar-refractivity contribution in [3.8, 4) is 16.9 Å². The lowest BCUT2D eigenvalue weighted by Gasteiger charge is -2.18. The number of nitrogens with one attached hydrogen (secondary N) is 1. The third kappa shape index (κ3) is 3.67. The normalized spacial score (nSPS) is 10.8. The molecule has 0 atom stereocenters. The maximum absolute atomic E-state index is 13.4. The summed E-state index contributed by atoms with van der Waals surface area (Å²) in [4.78, 5) is 27.1. The number of para-hydroxylation sites is 1. The molecule has 1 N–H and O–H groups in total. The first-order valence-electron chi connectivity index (χ1n) is 9.17. The number of benzene rings is 2. The van der Waals surface area contributed by atoms with Crippen LogP contribution in [0.1, 0.15) is 4.88 Å². The second-order valence-electron chi connectivity index (χ2n) is 6.67. The van der Waals surface area contributed by atoms with E-state index in [0.29, 0.717) is 28.1 Å². The maximum atomic E-state index is 13.4. The van der Waals surface area contributed by atoms with E-state index in [0.717, 1.165) is 10.4 Å². The molecule has 0 radical (unpaired) electrons. The number of rotatable bonds is 5. The molecule has 6 heteroatoms. The van der Waals surface area contributed by atoms with Crippen molar-refractivity contribution in [2.45, 2.75) is 6.42 Å². The third-order valence-corrected chi connectivity index (χ3v) is 5.72. The number of fused-ring (bicyclic) bond motifs is 1. The highest BCUT2D eigenvalue weighted by molar-refractivity contribution is 7.10. The molecule has 2 aromatic carbocycles. The Morgan fingerprint density at radius 1 is 1.10 bits per heavy atom. The zero-order valence-electron chi connectivity index (χ0n) is 16.1. The number of pyridine rings is 1. The molecule has 146 valence electrons. The van der Waals surface area contributed by atoms with Gasteiger partial charge in [0.1, 0.15) is 11.6 Å². The second kappa shape index (κ2) is 7.93. The van der Waals surface area contributed by atoms with Crippen LogP contribution in [0.25, 0.3) is 22.0 Å². The fourth-order valence-corrected chi connectivity index (χ4v) is 4.13. The van der Waals surface area contributed by atoms with Gasteiger partial charge in [0.15, 0.2) is 5.43 Å². The lowest BCUT2D eigenvalue weighted by Crippen LogP contribution is -2.22. The lowest BCUT2D eigenvalue weighted by molar-refractivity contribution is -0.115. The molecule has 0 aliphatic rings. The fraction of sp³-hybridized carbons (Fsp3) is 0.130. The summed E-state index contributed by atoms with van der Waals surface area (Å²) < 4.78 is 7.19. The molecule has 0 bridgehead atoms. The van der Waals surface area contributed by atoms with E-state index in [1.54, 1.807) is 19.2 Å². The summed E-state index contributed by atoms with van der Waals surface area (Å²) in [5, 5.41) is 5.52. The molecule has 0 spiro atoms.